The van der Waals surface area contributed by atoms with Crippen LogP contribution in [0.15, 0.2) is 22.9 Å². The highest BCUT2D eigenvalue weighted by Crippen LogP contribution is 2.30. The van der Waals surface area contributed by atoms with E-state index in [1.807, 2.05) is 0 Å². The Balaban J connectivity index is 2.85. The molecule has 2 rings (SSSR count). The third kappa shape index (κ3) is 1.78. The van der Waals surface area contributed by atoms with E-state index < -0.39 is 4.92 Å². The first-order valence-corrected chi connectivity index (χ1v) is 5.01. The van der Waals surface area contributed by atoms with Crippen molar-refractivity contribution in [2.75, 3.05) is 0 Å². The number of nitro groups is 1. The van der Waals surface area contributed by atoms with Crippen LogP contribution >= 0.6 is 27.5 Å². The number of fused-ring (bicyclic) bond motifs is 1. The molecule has 2 aromatic rings. The van der Waals surface area contributed by atoms with Crippen LogP contribution < -0.4 is 0 Å². The Morgan fingerprint density at radius 1 is 1.40 bits per heavy atom. The second-order valence-corrected chi connectivity index (χ2v) is 3.96. The van der Waals surface area contributed by atoms with Crippen LogP contribution in [-0.2, 0) is 0 Å². The summed E-state index contributed by atoms with van der Waals surface area (Å²) < 4.78 is 0.524. The van der Waals surface area contributed by atoms with Crippen LogP contribution in [0.1, 0.15) is 0 Å². The monoisotopic (exact) mass is 287 g/mol. The third-order valence-corrected chi connectivity index (χ3v) is 2.74. The van der Waals surface area contributed by atoms with Crippen molar-refractivity contribution >= 4 is 44.1 Å². The number of rotatable bonds is 1. The molecule has 76 valence electrons. The van der Waals surface area contributed by atoms with Crippen molar-refractivity contribution in [2.45, 2.75) is 0 Å². The maximum absolute atomic E-state index is 10.6. The van der Waals surface area contributed by atoms with Gasteiger partial charge in [0, 0.05) is 17.5 Å². The minimum atomic E-state index is -0.493. The number of halogens is 2. The fourth-order valence-corrected chi connectivity index (χ4v) is 1.92. The Morgan fingerprint density at radius 2 is 2.13 bits per heavy atom. The second kappa shape index (κ2) is 3.71. The zero-order valence-corrected chi connectivity index (χ0v) is 9.49. The molecule has 0 aliphatic heterocycles. The summed E-state index contributed by atoms with van der Waals surface area (Å²) in [6.07, 6.45) is 1.31. The van der Waals surface area contributed by atoms with E-state index in [-0.39, 0.29) is 10.8 Å². The number of hydrogen-bond donors (Lipinski definition) is 0. The number of nitrogens with zero attached hydrogens (tertiary/aromatic N) is 3. The fourth-order valence-electron chi connectivity index (χ4n) is 1.19. The molecule has 5 nitrogen and oxygen atoms in total. The predicted molar refractivity (Wildman–Crippen MR) is 58.9 cm³/mol. The molecule has 0 fully saturated rings. The Kier molecular flexibility index (Phi) is 2.54. The van der Waals surface area contributed by atoms with Crippen molar-refractivity contribution in [2.24, 2.45) is 0 Å². The van der Waals surface area contributed by atoms with Gasteiger partial charge in [0.2, 0.25) is 0 Å². The van der Waals surface area contributed by atoms with Gasteiger partial charge < -0.3 is 0 Å². The van der Waals surface area contributed by atoms with E-state index >= 15 is 0 Å². The highest BCUT2D eigenvalue weighted by Gasteiger charge is 2.13. The van der Waals surface area contributed by atoms with E-state index in [0.29, 0.717) is 15.4 Å². The zero-order chi connectivity index (χ0) is 11.0. The van der Waals surface area contributed by atoms with Gasteiger partial charge in [0.25, 0.3) is 5.69 Å². The van der Waals surface area contributed by atoms with Gasteiger partial charge in [-0.3, -0.25) is 10.1 Å². The Labute approximate surface area is 97.4 Å². The van der Waals surface area contributed by atoms with Gasteiger partial charge in [-0.05, 0) is 15.9 Å². The lowest BCUT2D eigenvalue weighted by atomic mass is 10.2. The van der Waals surface area contributed by atoms with Gasteiger partial charge in [-0.25, -0.2) is 9.97 Å². The lowest BCUT2D eigenvalue weighted by molar-refractivity contribution is -0.384. The van der Waals surface area contributed by atoms with Crippen molar-refractivity contribution in [3.05, 3.63) is 38.2 Å². The number of nitro benzene ring substituents is 1. The Morgan fingerprint density at radius 3 is 2.80 bits per heavy atom. The molecule has 0 spiro atoms. The minimum absolute atomic E-state index is 0.0499. The summed E-state index contributed by atoms with van der Waals surface area (Å²) in [5.41, 5.74) is 0.506. The topological polar surface area (TPSA) is 68.9 Å². The molecule has 7 heteroatoms. The van der Waals surface area contributed by atoms with Crippen LogP contribution in [0.5, 0.6) is 0 Å². The molecule has 0 unspecified atom stereocenters. The van der Waals surface area contributed by atoms with Crippen LogP contribution in [-0.4, -0.2) is 14.9 Å². The molecule has 1 heterocycles. The molecule has 1 aromatic heterocycles. The Hall–Kier alpha value is -1.27. The van der Waals surface area contributed by atoms with Gasteiger partial charge >= 0.3 is 0 Å². The smallest absolute Gasteiger partial charge is 0.258 e. The van der Waals surface area contributed by atoms with E-state index in [0.717, 1.165) is 0 Å². The molecule has 1 aromatic carbocycles. The lowest BCUT2D eigenvalue weighted by Gasteiger charge is -2.00. The molecule has 0 radical (unpaired) electrons. The second-order valence-electron chi connectivity index (χ2n) is 2.75. The first-order chi connectivity index (χ1) is 7.09. The average molecular weight is 288 g/mol. The van der Waals surface area contributed by atoms with Crippen LogP contribution in [0.4, 0.5) is 5.69 Å². The highest BCUT2D eigenvalue weighted by molar-refractivity contribution is 9.10. The summed E-state index contributed by atoms with van der Waals surface area (Å²) in [7, 11) is 0. The molecule has 15 heavy (non-hydrogen) atoms. The fraction of sp³-hybridized carbons (Fsp3) is 0. The summed E-state index contributed by atoms with van der Waals surface area (Å²) in [5.74, 6) is 0. The Bertz CT molecular complexity index is 561. The minimum Gasteiger partial charge on any atom is -0.258 e. The maximum Gasteiger partial charge on any atom is 0.271 e. The van der Waals surface area contributed by atoms with Crippen LogP contribution in [0.2, 0.25) is 5.15 Å². The van der Waals surface area contributed by atoms with E-state index in [4.69, 9.17) is 11.6 Å². The number of non-ortho nitro benzene ring substituents is 1. The summed E-state index contributed by atoms with van der Waals surface area (Å²) in [6, 6.07) is 2.73. The standard InChI is InChI=1S/C8H3BrClN3O2/c9-6-2-4(13(14)15)1-5-7(6)11-3-12-8(5)10/h1-3H. The number of aromatic nitrogens is 2. The van der Waals surface area contributed by atoms with Gasteiger partial charge in [-0.15, -0.1) is 0 Å². The van der Waals surface area contributed by atoms with Crippen molar-refractivity contribution in [3.63, 3.8) is 0 Å². The van der Waals surface area contributed by atoms with Crippen LogP contribution in [0.25, 0.3) is 10.9 Å². The summed E-state index contributed by atoms with van der Waals surface area (Å²) in [5, 5.41) is 11.3. The molecule has 0 N–H and O–H groups in total. The largest absolute Gasteiger partial charge is 0.271 e. The molecule has 0 aliphatic rings. The predicted octanol–water partition coefficient (Wildman–Crippen LogP) is 2.95. The van der Waals surface area contributed by atoms with Crippen LogP contribution in [0, 0.1) is 10.1 Å². The molecule has 0 aliphatic carbocycles. The zero-order valence-electron chi connectivity index (χ0n) is 7.15. The van der Waals surface area contributed by atoms with E-state index in [1.54, 1.807) is 0 Å². The van der Waals surface area contributed by atoms with Gasteiger partial charge in [-0.1, -0.05) is 11.6 Å². The lowest BCUT2D eigenvalue weighted by Crippen LogP contribution is -1.91. The van der Waals surface area contributed by atoms with E-state index in [1.165, 1.54) is 18.5 Å². The maximum atomic E-state index is 10.6. The SMILES string of the molecule is O=[N+]([O-])c1cc(Br)c2ncnc(Cl)c2c1. The quantitative estimate of drug-likeness (QED) is 0.459. The van der Waals surface area contributed by atoms with E-state index in [2.05, 4.69) is 25.9 Å². The van der Waals surface area contributed by atoms with Crippen molar-refractivity contribution in [1.82, 2.24) is 9.97 Å². The summed E-state index contributed by atoms with van der Waals surface area (Å²) >= 11 is 9.01. The highest BCUT2D eigenvalue weighted by atomic mass is 79.9. The molecular formula is C8H3BrClN3O2. The molecular weight excluding hydrogens is 285 g/mol. The van der Waals surface area contributed by atoms with Gasteiger partial charge in [0.15, 0.2) is 0 Å². The van der Waals surface area contributed by atoms with Gasteiger partial charge in [0.1, 0.15) is 11.5 Å². The van der Waals surface area contributed by atoms with Gasteiger partial charge in [-0.2, -0.15) is 0 Å². The van der Waals surface area contributed by atoms with Crippen molar-refractivity contribution < 1.29 is 4.92 Å². The molecule has 0 atom stereocenters. The van der Waals surface area contributed by atoms with E-state index in [9.17, 15) is 10.1 Å². The first kappa shape index (κ1) is 10.3. The van der Waals surface area contributed by atoms with Gasteiger partial charge in [0.05, 0.1) is 14.9 Å². The molecule has 0 saturated carbocycles. The van der Waals surface area contributed by atoms with Crippen LogP contribution in [0.3, 0.4) is 0 Å². The molecule has 0 bridgehead atoms. The normalized spacial score (nSPS) is 10.5. The first-order valence-electron chi connectivity index (χ1n) is 3.84. The van der Waals surface area contributed by atoms with Crippen molar-refractivity contribution in [1.29, 1.82) is 0 Å². The van der Waals surface area contributed by atoms with Crippen molar-refractivity contribution in [3.8, 4) is 0 Å². The average Bonchev–Trinajstić information content (AvgIpc) is 2.19. The summed E-state index contributed by atoms with van der Waals surface area (Å²) in [6.45, 7) is 0. The third-order valence-electron chi connectivity index (χ3n) is 1.84. The molecule has 0 saturated heterocycles. The number of hydrogen-bond acceptors (Lipinski definition) is 4. The number of benzene rings is 1. The molecule has 0 amide bonds. The summed E-state index contributed by atoms with van der Waals surface area (Å²) in [4.78, 5) is 17.9.